The molecule has 8 nitrogen and oxygen atoms in total. The van der Waals surface area contributed by atoms with E-state index in [1.807, 2.05) is 67.0 Å². The van der Waals surface area contributed by atoms with Crippen molar-refractivity contribution in [3.8, 4) is 21.8 Å². The molecule has 1 N–H and O–H groups in total. The number of para-hydroxylation sites is 1. The zero-order valence-electron chi connectivity index (χ0n) is 23.2. The highest BCUT2D eigenvalue weighted by Crippen LogP contribution is 2.34. The second kappa shape index (κ2) is 12.5. The van der Waals surface area contributed by atoms with E-state index in [1.165, 1.54) is 11.3 Å². The van der Waals surface area contributed by atoms with Gasteiger partial charge in [0.2, 0.25) is 0 Å². The number of aromatic nitrogens is 3. The van der Waals surface area contributed by atoms with Gasteiger partial charge in [-0.1, -0.05) is 35.6 Å². The van der Waals surface area contributed by atoms with Crippen LogP contribution in [-0.2, 0) is 11.3 Å². The van der Waals surface area contributed by atoms with Crippen molar-refractivity contribution in [1.29, 1.82) is 0 Å². The van der Waals surface area contributed by atoms with Gasteiger partial charge in [0, 0.05) is 74.6 Å². The molecule has 1 amide bonds. The molecule has 1 aliphatic rings. The number of thiazole rings is 2. The third kappa shape index (κ3) is 6.52. The number of hydrogen-bond donors (Lipinski definition) is 1. The maximum absolute atomic E-state index is 13.3. The number of nitrogens with one attached hydrogen (secondary N) is 1. The van der Waals surface area contributed by atoms with E-state index in [0.29, 0.717) is 5.56 Å². The summed E-state index contributed by atoms with van der Waals surface area (Å²) in [6.07, 6.45) is 1.96. The van der Waals surface area contributed by atoms with E-state index in [0.717, 1.165) is 94.3 Å². The van der Waals surface area contributed by atoms with Crippen molar-refractivity contribution < 1.29 is 9.53 Å². The van der Waals surface area contributed by atoms with Crippen LogP contribution in [0.25, 0.3) is 32.2 Å². The van der Waals surface area contributed by atoms with E-state index in [4.69, 9.17) is 14.7 Å². The van der Waals surface area contributed by atoms with Gasteiger partial charge in [-0.15, -0.1) is 11.3 Å². The zero-order valence-corrected chi connectivity index (χ0v) is 24.8. The molecule has 0 radical (unpaired) electrons. The highest BCUT2D eigenvalue weighted by atomic mass is 32.1. The van der Waals surface area contributed by atoms with E-state index in [2.05, 4.69) is 26.2 Å². The second-order valence-corrected chi connectivity index (χ2v) is 12.2. The lowest BCUT2D eigenvalue weighted by Crippen LogP contribution is -2.46. The average Bonchev–Trinajstić information content (AvgIpc) is 3.63. The SMILES string of the molecule is COCCN1CCN(Cc2cnc3sc(-c4ccccc4NC(=O)c4cccc(-c5csc(C)n5)c4)nc3c2)CC1. The molecule has 0 bridgehead atoms. The molecular formula is C31H32N6O2S2. The number of aryl methyl sites for hydroxylation is 1. The van der Waals surface area contributed by atoms with Gasteiger partial charge in [-0.25, -0.2) is 15.0 Å². The molecule has 1 fully saturated rings. The first-order valence-electron chi connectivity index (χ1n) is 13.7. The number of pyridine rings is 1. The number of methoxy groups -OCH3 is 1. The minimum absolute atomic E-state index is 0.171. The molecule has 0 aliphatic carbocycles. The number of rotatable bonds is 9. The Hall–Kier alpha value is -3.54. The molecular weight excluding hydrogens is 553 g/mol. The lowest BCUT2D eigenvalue weighted by atomic mass is 10.1. The first kappa shape index (κ1) is 27.6. The van der Waals surface area contributed by atoms with Crippen LogP contribution in [0.3, 0.4) is 0 Å². The largest absolute Gasteiger partial charge is 0.383 e. The predicted octanol–water partition coefficient (Wildman–Crippen LogP) is 5.81. The van der Waals surface area contributed by atoms with Crippen LogP contribution < -0.4 is 5.32 Å². The highest BCUT2D eigenvalue weighted by Gasteiger charge is 2.18. The Morgan fingerprint density at radius 1 is 1.02 bits per heavy atom. The van der Waals surface area contributed by atoms with E-state index in [1.54, 1.807) is 18.4 Å². The Morgan fingerprint density at radius 3 is 2.66 bits per heavy atom. The fourth-order valence-corrected chi connectivity index (χ4v) is 6.56. The van der Waals surface area contributed by atoms with Crippen LogP contribution >= 0.6 is 22.7 Å². The number of amides is 1. The van der Waals surface area contributed by atoms with Crippen molar-refractivity contribution in [1.82, 2.24) is 24.8 Å². The van der Waals surface area contributed by atoms with Gasteiger partial charge in [0.25, 0.3) is 5.91 Å². The number of ether oxygens (including phenoxy) is 1. The Kier molecular flexibility index (Phi) is 8.45. The molecule has 1 saturated heterocycles. The number of anilines is 1. The Labute approximate surface area is 247 Å². The maximum atomic E-state index is 13.3. The summed E-state index contributed by atoms with van der Waals surface area (Å²) in [6.45, 7) is 8.77. The standard InChI is InChI=1S/C31H32N6O2S2/c1-21-33-28(20-40-21)23-6-5-7-24(17-23)29(38)34-26-9-4-3-8-25(26)30-35-27-16-22(18-32-31(27)41-30)19-37-12-10-36(11-13-37)14-15-39-2/h3-9,16-18,20H,10-15,19H2,1-2H3,(H,34,38). The van der Waals surface area contributed by atoms with Crippen LogP contribution in [0.5, 0.6) is 0 Å². The molecule has 0 atom stereocenters. The van der Waals surface area contributed by atoms with Crippen molar-refractivity contribution in [3.05, 3.63) is 82.3 Å². The first-order chi connectivity index (χ1) is 20.1. The lowest BCUT2D eigenvalue weighted by molar-refractivity contribution is 0.0938. The molecule has 3 aromatic heterocycles. The third-order valence-corrected chi connectivity index (χ3v) is 9.02. The van der Waals surface area contributed by atoms with Crippen molar-refractivity contribution in [2.75, 3.05) is 51.8 Å². The molecule has 4 heterocycles. The van der Waals surface area contributed by atoms with Gasteiger partial charge in [0.1, 0.15) is 15.4 Å². The van der Waals surface area contributed by atoms with E-state index < -0.39 is 0 Å². The summed E-state index contributed by atoms with van der Waals surface area (Å²) in [5, 5.41) is 6.95. The minimum atomic E-state index is -0.171. The van der Waals surface area contributed by atoms with Gasteiger partial charge in [-0.2, -0.15) is 0 Å². The fraction of sp³-hybridized carbons (Fsp3) is 0.290. The summed E-state index contributed by atoms with van der Waals surface area (Å²) in [7, 11) is 1.75. The molecule has 210 valence electrons. The normalized spacial score (nSPS) is 14.5. The second-order valence-electron chi connectivity index (χ2n) is 10.1. The van der Waals surface area contributed by atoms with Gasteiger partial charge in [-0.05, 0) is 42.8 Å². The molecule has 2 aromatic carbocycles. The van der Waals surface area contributed by atoms with Gasteiger partial charge >= 0.3 is 0 Å². The summed E-state index contributed by atoms with van der Waals surface area (Å²) in [5.74, 6) is -0.171. The molecule has 6 rings (SSSR count). The molecule has 0 spiro atoms. The highest BCUT2D eigenvalue weighted by molar-refractivity contribution is 7.21. The molecule has 41 heavy (non-hydrogen) atoms. The summed E-state index contributed by atoms with van der Waals surface area (Å²) < 4.78 is 5.22. The average molecular weight is 585 g/mol. The van der Waals surface area contributed by atoms with E-state index in [9.17, 15) is 4.79 Å². The number of fused-ring (bicyclic) bond motifs is 1. The Balaban J connectivity index is 1.17. The van der Waals surface area contributed by atoms with Crippen LogP contribution in [0.2, 0.25) is 0 Å². The van der Waals surface area contributed by atoms with Crippen LogP contribution in [0, 0.1) is 6.92 Å². The topological polar surface area (TPSA) is 83.5 Å². The van der Waals surface area contributed by atoms with Gasteiger partial charge in [0.15, 0.2) is 0 Å². The zero-order chi connectivity index (χ0) is 28.2. The Morgan fingerprint density at radius 2 is 1.85 bits per heavy atom. The van der Waals surface area contributed by atoms with E-state index in [-0.39, 0.29) is 5.91 Å². The summed E-state index contributed by atoms with van der Waals surface area (Å²) in [4.78, 5) is 33.3. The number of hydrogen-bond acceptors (Lipinski definition) is 9. The van der Waals surface area contributed by atoms with Crippen molar-refractivity contribution in [2.24, 2.45) is 0 Å². The molecule has 1 aliphatic heterocycles. The van der Waals surface area contributed by atoms with E-state index >= 15 is 0 Å². The molecule has 0 saturated carbocycles. The summed E-state index contributed by atoms with van der Waals surface area (Å²) in [5.41, 5.74) is 6.04. The number of carbonyl (C=O) groups excluding carboxylic acids is 1. The Bertz CT molecular complexity index is 1660. The number of benzene rings is 2. The number of piperazine rings is 1. The van der Waals surface area contributed by atoms with Crippen LogP contribution in [-0.4, -0.2) is 77.1 Å². The van der Waals surface area contributed by atoms with Gasteiger partial charge in [0.05, 0.1) is 23.0 Å². The van der Waals surface area contributed by atoms with Gasteiger partial charge < -0.3 is 10.1 Å². The number of nitrogens with zero attached hydrogens (tertiary/aromatic N) is 5. The summed E-state index contributed by atoms with van der Waals surface area (Å²) >= 11 is 3.14. The summed E-state index contributed by atoms with van der Waals surface area (Å²) in [6, 6.07) is 17.5. The van der Waals surface area contributed by atoms with Gasteiger partial charge in [-0.3, -0.25) is 14.6 Å². The van der Waals surface area contributed by atoms with Crippen LogP contribution in [0.1, 0.15) is 20.9 Å². The number of carbonyl (C=O) groups is 1. The smallest absolute Gasteiger partial charge is 0.255 e. The maximum Gasteiger partial charge on any atom is 0.255 e. The van der Waals surface area contributed by atoms with Crippen molar-refractivity contribution >= 4 is 44.6 Å². The lowest BCUT2D eigenvalue weighted by Gasteiger charge is -2.34. The predicted molar refractivity (Wildman–Crippen MR) is 167 cm³/mol. The van der Waals surface area contributed by atoms with Crippen LogP contribution in [0.15, 0.2) is 66.2 Å². The minimum Gasteiger partial charge on any atom is -0.383 e. The molecule has 10 heteroatoms. The molecule has 0 unspecified atom stereocenters. The third-order valence-electron chi connectivity index (χ3n) is 7.23. The monoisotopic (exact) mass is 584 g/mol. The van der Waals surface area contributed by atoms with Crippen molar-refractivity contribution in [2.45, 2.75) is 13.5 Å². The van der Waals surface area contributed by atoms with Crippen molar-refractivity contribution in [3.63, 3.8) is 0 Å². The van der Waals surface area contributed by atoms with Crippen LogP contribution in [0.4, 0.5) is 5.69 Å². The molecule has 5 aromatic rings. The first-order valence-corrected chi connectivity index (χ1v) is 15.4. The quantitative estimate of drug-likeness (QED) is 0.234. The fourth-order valence-electron chi connectivity index (χ4n) is 5.00.